The van der Waals surface area contributed by atoms with Gasteiger partial charge in [0.15, 0.2) is 3.01 Å². The van der Waals surface area contributed by atoms with Gasteiger partial charge in [0, 0.05) is 4.88 Å². The smallest absolute Gasteiger partial charge is 0.268 e. The van der Waals surface area contributed by atoms with E-state index in [2.05, 4.69) is 27.6 Å². The lowest BCUT2D eigenvalue weighted by molar-refractivity contribution is 0.0995. The number of hydrogen-bond acceptors (Lipinski definition) is 3. The van der Waals surface area contributed by atoms with Crippen LogP contribution in [0.15, 0.2) is 0 Å². The second kappa shape index (κ2) is 2.83. The van der Waals surface area contributed by atoms with Crippen molar-refractivity contribution in [2.75, 3.05) is 0 Å². The van der Waals surface area contributed by atoms with Crippen LogP contribution < -0.4 is 5.73 Å². The third-order valence-electron chi connectivity index (χ3n) is 1.00. The van der Waals surface area contributed by atoms with Crippen LogP contribution in [0, 0.1) is 9.94 Å². The second-order valence-electron chi connectivity index (χ2n) is 1.74. The molecule has 10 heavy (non-hydrogen) atoms. The molecule has 0 aromatic carbocycles. The highest BCUT2D eigenvalue weighted by atomic mass is 127. The first-order valence-corrected chi connectivity index (χ1v) is 4.43. The van der Waals surface area contributed by atoms with E-state index < -0.39 is 5.91 Å². The standard InChI is InChI=1S/C5H5IN2OS/c1-2-3(4(7)9)8-5(6)10-2/h1H3,(H2,7,9). The lowest BCUT2D eigenvalue weighted by atomic mass is 10.4. The maximum Gasteiger partial charge on any atom is 0.268 e. The molecule has 1 aromatic heterocycles. The van der Waals surface area contributed by atoms with Crippen molar-refractivity contribution in [3.05, 3.63) is 13.6 Å². The Balaban J connectivity index is 3.15. The van der Waals surface area contributed by atoms with Gasteiger partial charge >= 0.3 is 0 Å². The van der Waals surface area contributed by atoms with Crippen molar-refractivity contribution < 1.29 is 4.79 Å². The van der Waals surface area contributed by atoms with Crippen LogP contribution in [0.25, 0.3) is 0 Å². The van der Waals surface area contributed by atoms with E-state index in [0.29, 0.717) is 5.69 Å². The summed E-state index contributed by atoms with van der Waals surface area (Å²) in [5.74, 6) is -0.448. The van der Waals surface area contributed by atoms with Gasteiger partial charge < -0.3 is 5.73 Å². The van der Waals surface area contributed by atoms with Crippen LogP contribution in [0.1, 0.15) is 15.4 Å². The van der Waals surface area contributed by atoms with E-state index in [4.69, 9.17) is 5.73 Å². The second-order valence-corrected chi connectivity index (χ2v) is 4.69. The van der Waals surface area contributed by atoms with Gasteiger partial charge in [-0.1, -0.05) is 0 Å². The number of halogens is 1. The fourth-order valence-electron chi connectivity index (χ4n) is 0.593. The van der Waals surface area contributed by atoms with E-state index in [9.17, 15) is 4.79 Å². The SMILES string of the molecule is Cc1sc(I)nc1C(N)=O. The van der Waals surface area contributed by atoms with Crippen LogP contribution >= 0.6 is 33.9 Å². The number of primary amides is 1. The number of carbonyl (C=O) groups excluding carboxylic acids is 1. The highest BCUT2D eigenvalue weighted by Crippen LogP contribution is 2.17. The lowest BCUT2D eigenvalue weighted by Gasteiger charge is -1.85. The molecule has 1 rings (SSSR count). The first-order chi connectivity index (χ1) is 4.61. The van der Waals surface area contributed by atoms with Gasteiger partial charge in [-0.25, -0.2) is 4.98 Å². The summed E-state index contributed by atoms with van der Waals surface area (Å²) in [6, 6.07) is 0. The van der Waals surface area contributed by atoms with Crippen LogP contribution in [0.4, 0.5) is 0 Å². The van der Waals surface area contributed by atoms with E-state index in [1.807, 2.05) is 6.92 Å². The Morgan fingerprint density at radius 1 is 1.80 bits per heavy atom. The molecule has 0 aliphatic carbocycles. The molecule has 3 nitrogen and oxygen atoms in total. The Labute approximate surface area is 75.8 Å². The molecule has 5 heteroatoms. The quantitative estimate of drug-likeness (QED) is 0.777. The zero-order chi connectivity index (χ0) is 7.72. The zero-order valence-electron chi connectivity index (χ0n) is 5.22. The van der Waals surface area contributed by atoms with E-state index in [1.165, 1.54) is 11.3 Å². The van der Waals surface area contributed by atoms with Gasteiger partial charge in [0.1, 0.15) is 5.69 Å². The number of thiazole rings is 1. The van der Waals surface area contributed by atoms with Crippen LogP contribution in [0.3, 0.4) is 0 Å². The monoisotopic (exact) mass is 268 g/mol. The molecule has 1 heterocycles. The van der Waals surface area contributed by atoms with Crippen molar-refractivity contribution in [2.24, 2.45) is 5.73 Å². The third-order valence-corrected chi connectivity index (χ3v) is 2.66. The minimum Gasteiger partial charge on any atom is -0.364 e. The van der Waals surface area contributed by atoms with Gasteiger partial charge in [-0.2, -0.15) is 0 Å². The topological polar surface area (TPSA) is 56.0 Å². The van der Waals surface area contributed by atoms with Gasteiger partial charge in [-0.3, -0.25) is 4.79 Å². The molecule has 0 radical (unpaired) electrons. The zero-order valence-corrected chi connectivity index (χ0v) is 8.19. The number of carbonyl (C=O) groups is 1. The first-order valence-electron chi connectivity index (χ1n) is 2.54. The number of aryl methyl sites for hydroxylation is 1. The minimum atomic E-state index is -0.448. The van der Waals surface area contributed by atoms with E-state index in [0.717, 1.165) is 7.89 Å². The molecule has 2 N–H and O–H groups in total. The summed E-state index contributed by atoms with van der Waals surface area (Å²) in [6.07, 6.45) is 0. The highest BCUT2D eigenvalue weighted by molar-refractivity contribution is 14.1. The van der Waals surface area contributed by atoms with Crippen molar-refractivity contribution in [3.63, 3.8) is 0 Å². The Hall–Kier alpha value is -0.170. The van der Waals surface area contributed by atoms with Gasteiger partial charge in [0.25, 0.3) is 5.91 Å². The Morgan fingerprint density at radius 2 is 2.40 bits per heavy atom. The summed E-state index contributed by atoms with van der Waals surface area (Å²) < 4.78 is 0.851. The lowest BCUT2D eigenvalue weighted by Crippen LogP contribution is -2.12. The summed E-state index contributed by atoms with van der Waals surface area (Å²) in [4.78, 5) is 15.4. The number of nitrogens with zero attached hydrogens (tertiary/aromatic N) is 1. The molecule has 0 spiro atoms. The first kappa shape index (κ1) is 7.93. The Kier molecular flexibility index (Phi) is 2.24. The predicted molar refractivity (Wildman–Crippen MR) is 48.1 cm³/mol. The van der Waals surface area contributed by atoms with Gasteiger partial charge in [-0.05, 0) is 29.5 Å². The largest absolute Gasteiger partial charge is 0.364 e. The van der Waals surface area contributed by atoms with Gasteiger partial charge in [-0.15, -0.1) is 11.3 Å². The van der Waals surface area contributed by atoms with Crippen LogP contribution in [-0.2, 0) is 0 Å². The van der Waals surface area contributed by atoms with Gasteiger partial charge in [0.2, 0.25) is 0 Å². The van der Waals surface area contributed by atoms with Gasteiger partial charge in [0.05, 0.1) is 0 Å². The van der Waals surface area contributed by atoms with Crippen molar-refractivity contribution in [1.82, 2.24) is 4.98 Å². The maximum atomic E-state index is 10.6. The number of aromatic nitrogens is 1. The van der Waals surface area contributed by atoms with E-state index in [1.54, 1.807) is 0 Å². The normalized spacial score (nSPS) is 9.80. The highest BCUT2D eigenvalue weighted by Gasteiger charge is 2.09. The summed E-state index contributed by atoms with van der Waals surface area (Å²) in [7, 11) is 0. The van der Waals surface area contributed by atoms with Crippen molar-refractivity contribution in [1.29, 1.82) is 0 Å². The number of nitrogens with two attached hydrogens (primary N) is 1. The molecule has 0 atom stereocenters. The van der Waals surface area contributed by atoms with Crippen molar-refractivity contribution in [2.45, 2.75) is 6.92 Å². The maximum absolute atomic E-state index is 10.6. The molecule has 0 aliphatic heterocycles. The number of rotatable bonds is 1. The fraction of sp³-hybridized carbons (Fsp3) is 0.200. The molecular weight excluding hydrogens is 263 g/mol. The van der Waals surface area contributed by atoms with Crippen molar-refractivity contribution >= 4 is 39.8 Å². The Bertz CT molecular complexity index is 271. The Morgan fingerprint density at radius 3 is 2.60 bits per heavy atom. The molecule has 0 fully saturated rings. The summed E-state index contributed by atoms with van der Waals surface area (Å²) in [5, 5.41) is 0. The molecule has 1 aromatic rings. The molecule has 0 unspecified atom stereocenters. The van der Waals surface area contributed by atoms with Crippen LogP contribution in [0.2, 0.25) is 0 Å². The summed E-state index contributed by atoms with van der Waals surface area (Å²) >= 11 is 3.53. The number of amides is 1. The minimum absolute atomic E-state index is 0.398. The third kappa shape index (κ3) is 1.46. The number of hydrogen-bond donors (Lipinski definition) is 1. The molecule has 54 valence electrons. The average molecular weight is 268 g/mol. The summed E-state index contributed by atoms with van der Waals surface area (Å²) in [6.45, 7) is 1.83. The molecule has 0 saturated heterocycles. The summed E-state index contributed by atoms with van der Waals surface area (Å²) in [5.41, 5.74) is 5.43. The van der Waals surface area contributed by atoms with Crippen LogP contribution in [-0.4, -0.2) is 10.9 Å². The van der Waals surface area contributed by atoms with Crippen LogP contribution in [0.5, 0.6) is 0 Å². The molecular formula is C5H5IN2OS. The fourth-order valence-corrected chi connectivity index (χ4v) is 2.46. The predicted octanol–water partition coefficient (Wildman–Crippen LogP) is 1.16. The molecule has 1 amide bonds. The molecule has 0 aliphatic rings. The van der Waals surface area contributed by atoms with Crippen molar-refractivity contribution in [3.8, 4) is 0 Å². The molecule has 0 bridgehead atoms. The average Bonchev–Trinajstić information content (AvgIpc) is 2.10. The molecule has 0 saturated carbocycles. The van der Waals surface area contributed by atoms with E-state index in [-0.39, 0.29) is 0 Å². The van der Waals surface area contributed by atoms with E-state index >= 15 is 0 Å².